The van der Waals surface area contributed by atoms with Gasteiger partial charge in [-0.05, 0) is 71.0 Å². The Morgan fingerprint density at radius 1 is 1.11 bits per heavy atom. The van der Waals surface area contributed by atoms with Crippen molar-refractivity contribution in [3.8, 4) is 11.3 Å². The van der Waals surface area contributed by atoms with E-state index in [1.165, 1.54) is 12.3 Å². The number of likely N-dealkylation sites (N-methyl/N-ethyl adjacent to an activating group) is 1. The van der Waals surface area contributed by atoms with E-state index in [4.69, 9.17) is 4.98 Å². The minimum atomic E-state index is -0.698. The number of nitrogens with one attached hydrogen (secondary N) is 1. The first kappa shape index (κ1) is 30.2. The summed E-state index contributed by atoms with van der Waals surface area (Å²) >= 11 is 0. The number of aryl methyl sites for hydroxylation is 1. The van der Waals surface area contributed by atoms with Gasteiger partial charge < -0.3 is 19.5 Å². The standard InChI is InChI=1S/C32H42FN9O2/c1-21-26(20-35-39(21)4)30-29(33)25(11-12-34-30)31(44)37-32-36-27-10-7-23(41-17-15-40(16-18-41)14-13-38(2)3)19-28(27)42(32)22-5-8-24(43)9-6-22/h7,10-12,19-20,22,24,43H,5-6,8-9,13-18H2,1-4H3,(H,36,37,44)/t22-,24+. The minimum absolute atomic E-state index is 0.0488. The number of nitrogens with zero attached hydrogens (tertiary/aromatic N) is 8. The molecule has 0 radical (unpaired) electrons. The van der Waals surface area contributed by atoms with Crippen molar-refractivity contribution in [3.63, 3.8) is 0 Å². The van der Waals surface area contributed by atoms with Gasteiger partial charge in [0, 0.05) is 75.5 Å². The topological polar surface area (TPSA) is 108 Å². The van der Waals surface area contributed by atoms with Crippen LogP contribution in [0.25, 0.3) is 22.3 Å². The first-order valence-corrected chi connectivity index (χ1v) is 15.5. The number of hydrogen-bond donors (Lipinski definition) is 2. The summed E-state index contributed by atoms with van der Waals surface area (Å²) in [5.74, 6) is -0.905. The number of benzene rings is 1. The zero-order valence-corrected chi connectivity index (χ0v) is 26.0. The number of rotatable bonds is 8. The number of hydrogen-bond acceptors (Lipinski definition) is 8. The maximum atomic E-state index is 15.8. The fourth-order valence-corrected chi connectivity index (χ4v) is 6.33. The van der Waals surface area contributed by atoms with Crippen LogP contribution < -0.4 is 10.2 Å². The molecular formula is C32H42FN9O2. The quantitative estimate of drug-likeness (QED) is 0.314. The van der Waals surface area contributed by atoms with Gasteiger partial charge in [-0.2, -0.15) is 5.10 Å². The van der Waals surface area contributed by atoms with Crippen LogP contribution >= 0.6 is 0 Å². The van der Waals surface area contributed by atoms with E-state index in [1.807, 2.05) is 13.0 Å². The zero-order valence-electron chi connectivity index (χ0n) is 26.0. The molecule has 3 aromatic heterocycles. The molecule has 12 heteroatoms. The van der Waals surface area contributed by atoms with Crippen molar-refractivity contribution in [2.45, 2.75) is 44.8 Å². The monoisotopic (exact) mass is 603 g/mol. The van der Waals surface area contributed by atoms with Crippen LogP contribution in [0.3, 0.4) is 0 Å². The molecule has 0 unspecified atom stereocenters. The Morgan fingerprint density at radius 2 is 1.86 bits per heavy atom. The number of aromatic nitrogens is 5. The van der Waals surface area contributed by atoms with Crippen molar-refractivity contribution in [1.29, 1.82) is 0 Å². The molecule has 0 spiro atoms. The smallest absolute Gasteiger partial charge is 0.261 e. The summed E-state index contributed by atoms with van der Waals surface area (Å²) in [6.45, 7) is 7.82. The van der Waals surface area contributed by atoms with E-state index in [1.54, 1.807) is 17.9 Å². The second-order valence-corrected chi connectivity index (χ2v) is 12.3. The predicted octanol–water partition coefficient (Wildman–Crippen LogP) is 3.69. The van der Waals surface area contributed by atoms with E-state index in [2.05, 4.69) is 60.9 Å². The third-order valence-corrected chi connectivity index (χ3v) is 9.15. The van der Waals surface area contributed by atoms with Crippen molar-refractivity contribution in [1.82, 2.24) is 34.1 Å². The largest absolute Gasteiger partial charge is 0.393 e. The first-order valence-electron chi connectivity index (χ1n) is 15.5. The molecule has 1 aliphatic carbocycles. The summed E-state index contributed by atoms with van der Waals surface area (Å²) in [6.07, 6.45) is 5.56. The third-order valence-electron chi connectivity index (χ3n) is 9.15. The van der Waals surface area contributed by atoms with Crippen molar-refractivity contribution >= 4 is 28.6 Å². The van der Waals surface area contributed by atoms with Crippen molar-refractivity contribution in [2.24, 2.45) is 7.05 Å². The highest BCUT2D eigenvalue weighted by Gasteiger charge is 2.28. The summed E-state index contributed by atoms with van der Waals surface area (Å²) in [4.78, 5) is 29.8. The number of aliphatic hydroxyl groups excluding tert-OH is 1. The second kappa shape index (κ2) is 12.6. The molecular weight excluding hydrogens is 561 g/mol. The summed E-state index contributed by atoms with van der Waals surface area (Å²) in [7, 11) is 5.98. The molecule has 11 nitrogen and oxygen atoms in total. The molecule has 4 heterocycles. The maximum absolute atomic E-state index is 15.8. The Hall–Kier alpha value is -3.87. The highest BCUT2D eigenvalue weighted by molar-refractivity contribution is 6.05. The zero-order chi connectivity index (χ0) is 31.0. The molecule has 0 atom stereocenters. The lowest BCUT2D eigenvalue weighted by atomic mass is 9.93. The number of fused-ring (bicyclic) bond motifs is 1. The number of pyridine rings is 1. The van der Waals surface area contributed by atoms with Crippen LogP contribution in [0.1, 0.15) is 47.8 Å². The molecule has 1 aliphatic heterocycles. The summed E-state index contributed by atoms with van der Waals surface area (Å²) in [5, 5.41) is 17.3. The first-order chi connectivity index (χ1) is 21.2. The van der Waals surface area contributed by atoms with E-state index in [0.717, 1.165) is 74.5 Å². The Morgan fingerprint density at radius 3 is 2.55 bits per heavy atom. The molecule has 1 aromatic carbocycles. The molecule has 1 amide bonds. The van der Waals surface area contributed by atoms with Gasteiger partial charge in [-0.3, -0.25) is 24.7 Å². The highest BCUT2D eigenvalue weighted by Crippen LogP contribution is 2.36. The van der Waals surface area contributed by atoms with Gasteiger partial charge in [-0.1, -0.05) is 0 Å². The van der Waals surface area contributed by atoms with E-state index < -0.39 is 11.7 Å². The molecule has 2 aliphatic rings. The third kappa shape index (κ3) is 6.06. The Kier molecular flexibility index (Phi) is 8.66. The lowest BCUT2D eigenvalue weighted by molar-refractivity contribution is 0.101. The van der Waals surface area contributed by atoms with Gasteiger partial charge in [0.1, 0.15) is 5.69 Å². The van der Waals surface area contributed by atoms with Gasteiger partial charge in [-0.25, -0.2) is 9.37 Å². The lowest BCUT2D eigenvalue weighted by Crippen LogP contribution is -2.48. The number of carbonyl (C=O) groups excluding carboxylic acids is 1. The summed E-state index contributed by atoms with van der Waals surface area (Å²) in [5.41, 5.74) is 4.09. The van der Waals surface area contributed by atoms with Crippen LogP contribution in [-0.2, 0) is 7.05 Å². The van der Waals surface area contributed by atoms with Gasteiger partial charge in [0.15, 0.2) is 5.82 Å². The molecule has 6 rings (SSSR count). The van der Waals surface area contributed by atoms with Gasteiger partial charge in [-0.15, -0.1) is 0 Å². The normalized spacial score (nSPS) is 19.7. The lowest BCUT2D eigenvalue weighted by Gasteiger charge is -2.36. The Balaban J connectivity index is 1.30. The predicted molar refractivity (Wildman–Crippen MR) is 170 cm³/mol. The van der Waals surface area contributed by atoms with E-state index >= 15 is 4.39 Å². The SMILES string of the molecule is Cc1c(-c2nccc(C(=O)Nc3nc4ccc(N5CCN(CCN(C)C)CC5)cc4n3[C@H]3CC[C@@H](O)CC3)c2F)cnn1C. The number of imidazole rings is 1. The van der Waals surface area contributed by atoms with E-state index in [-0.39, 0.29) is 23.4 Å². The number of anilines is 2. The maximum Gasteiger partial charge on any atom is 0.261 e. The molecule has 1 saturated heterocycles. The van der Waals surface area contributed by atoms with Crippen LogP contribution in [0, 0.1) is 12.7 Å². The minimum Gasteiger partial charge on any atom is -0.393 e. The second-order valence-electron chi connectivity index (χ2n) is 12.3. The van der Waals surface area contributed by atoms with Crippen LogP contribution in [-0.4, -0.2) is 105 Å². The van der Waals surface area contributed by atoms with E-state index in [0.29, 0.717) is 24.4 Å². The number of piperazine rings is 1. The number of carbonyl (C=O) groups is 1. The molecule has 234 valence electrons. The Labute approximate surface area is 257 Å². The molecule has 0 bridgehead atoms. The van der Waals surface area contributed by atoms with Crippen molar-refractivity contribution < 1.29 is 14.3 Å². The van der Waals surface area contributed by atoms with Gasteiger partial charge >= 0.3 is 0 Å². The fraction of sp³-hybridized carbons (Fsp3) is 0.500. The van der Waals surface area contributed by atoms with Crippen molar-refractivity contribution in [2.75, 3.05) is 63.6 Å². The van der Waals surface area contributed by atoms with Crippen LogP contribution in [0.2, 0.25) is 0 Å². The van der Waals surface area contributed by atoms with Crippen LogP contribution in [0.15, 0.2) is 36.7 Å². The average Bonchev–Trinajstić information content (AvgIpc) is 3.54. The highest BCUT2D eigenvalue weighted by atomic mass is 19.1. The van der Waals surface area contributed by atoms with Crippen LogP contribution in [0.4, 0.5) is 16.0 Å². The van der Waals surface area contributed by atoms with Crippen molar-refractivity contribution in [3.05, 3.63) is 53.7 Å². The number of amides is 1. The summed E-state index contributed by atoms with van der Waals surface area (Å²) in [6, 6.07) is 7.70. The molecule has 2 N–H and O–H groups in total. The average molecular weight is 604 g/mol. The van der Waals surface area contributed by atoms with Gasteiger partial charge in [0.05, 0.1) is 28.9 Å². The molecule has 44 heavy (non-hydrogen) atoms. The summed E-state index contributed by atoms with van der Waals surface area (Å²) < 4.78 is 19.5. The number of halogens is 1. The molecule has 2 fully saturated rings. The molecule has 1 saturated carbocycles. The Bertz CT molecular complexity index is 1630. The molecule has 4 aromatic rings. The fourth-order valence-electron chi connectivity index (χ4n) is 6.33. The van der Waals surface area contributed by atoms with Gasteiger partial charge in [0.25, 0.3) is 5.91 Å². The van der Waals surface area contributed by atoms with E-state index in [9.17, 15) is 9.90 Å². The van der Waals surface area contributed by atoms with Crippen LogP contribution in [0.5, 0.6) is 0 Å². The number of aliphatic hydroxyl groups is 1. The van der Waals surface area contributed by atoms with Gasteiger partial charge in [0.2, 0.25) is 5.95 Å².